The van der Waals surface area contributed by atoms with Gasteiger partial charge in [0.25, 0.3) is 0 Å². The first-order valence-electron chi connectivity index (χ1n) is 10.3. The second kappa shape index (κ2) is 7.59. The van der Waals surface area contributed by atoms with E-state index in [0.29, 0.717) is 13.0 Å². The summed E-state index contributed by atoms with van der Waals surface area (Å²) >= 11 is 0. The molecular weight excluding hydrogens is 356 g/mol. The van der Waals surface area contributed by atoms with Crippen molar-refractivity contribution in [2.24, 2.45) is 0 Å². The Balaban J connectivity index is 1.69. The monoisotopic (exact) mass is 380 g/mol. The highest BCUT2D eigenvalue weighted by atomic mass is 16.1. The first-order valence-corrected chi connectivity index (χ1v) is 10.3. The number of aromatic nitrogens is 1. The van der Waals surface area contributed by atoms with Gasteiger partial charge in [-0.15, -0.1) is 0 Å². The van der Waals surface area contributed by atoms with Gasteiger partial charge in [-0.3, -0.25) is 4.79 Å². The molecule has 1 aliphatic rings. The van der Waals surface area contributed by atoms with Gasteiger partial charge in [0.05, 0.1) is 5.92 Å². The van der Waals surface area contributed by atoms with Gasteiger partial charge in [0.2, 0.25) is 5.91 Å². The van der Waals surface area contributed by atoms with Crippen molar-refractivity contribution < 1.29 is 4.79 Å². The second-order valence-corrected chi connectivity index (χ2v) is 7.74. The first-order chi connectivity index (χ1) is 14.3. The molecule has 1 aromatic heterocycles. The van der Waals surface area contributed by atoms with Crippen molar-refractivity contribution in [3.05, 3.63) is 107 Å². The van der Waals surface area contributed by atoms with E-state index in [1.807, 2.05) is 24.3 Å². The minimum atomic E-state index is -0.189. The van der Waals surface area contributed by atoms with Gasteiger partial charge < -0.3 is 9.88 Å². The molecule has 1 aliphatic heterocycles. The number of carbonyl (C=O) groups is 1. The summed E-state index contributed by atoms with van der Waals surface area (Å²) in [6.45, 7) is 1.46. The Morgan fingerprint density at radius 2 is 1.48 bits per heavy atom. The van der Waals surface area contributed by atoms with Crippen LogP contribution < -0.4 is 5.32 Å². The van der Waals surface area contributed by atoms with Crippen molar-refractivity contribution in [3.63, 3.8) is 0 Å². The molecule has 144 valence electrons. The molecule has 1 N–H and O–H groups in total. The number of amides is 1. The van der Waals surface area contributed by atoms with Crippen LogP contribution in [0.4, 0.5) is 0 Å². The number of para-hydroxylation sites is 1. The summed E-state index contributed by atoms with van der Waals surface area (Å²) in [4.78, 5) is 13.1. The number of carbonyl (C=O) groups excluding carboxylic acids is 1. The Morgan fingerprint density at radius 3 is 2.24 bits per heavy atom. The fraction of sp³-hybridized carbons (Fsp3) is 0.192. The number of fused-ring (bicyclic) bond motifs is 3. The third-order valence-corrected chi connectivity index (χ3v) is 5.91. The smallest absolute Gasteiger partial charge is 0.229 e. The molecular formula is C26H24N2O. The van der Waals surface area contributed by atoms with Crippen molar-refractivity contribution in [3.8, 4) is 0 Å². The maximum absolute atomic E-state index is 13.1. The molecule has 0 fully saturated rings. The lowest BCUT2D eigenvalue weighted by Gasteiger charge is -2.19. The number of hydrogen-bond donors (Lipinski definition) is 1. The Labute approximate surface area is 171 Å². The molecule has 1 atom stereocenters. The molecule has 0 radical (unpaired) electrons. The van der Waals surface area contributed by atoms with E-state index in [0.717, 1.165) is 13.0 Å². The molecule has 0 saturated heterocycles. The van der Waals surface area contributed by atoms with Gasteiger partial charge in [-0.25, -0.2) is 0 Å². The predicted octanol–water partition coefficient (Wildman–Crippen LogP) is 4.69. The number of hydrogen-bond acceptors (Lipinski definition) is 1. The maximum atomic E-state index is 13.1. The first kappa shape index (κ1) is 17.7. The third-order valence-electron chi connectivity index (χ3n) is 5.91. The third kappa shape index (κ3) is 3.33. The molecule has 29 heavy (non-hydrogen) atoms. The minimum Gasteiger partial charge on any atom is -0.355 e. The summed E-state index contributed by atoms with van der Waals surface area (Å²) < 4.78 is 2.37. The van der Waals surface area contributed by atoms with E-state index in [1.54, 1.807) is 0 Å². The van der Waals surface area contributed by atoms with E-state index in [4.69, 9.17) is 0 Å². The van der Waals surface area contributed by atoms with Crippen molar-refractivity contribution in [1.29, 1.82) is 0 Å². The molecule has 1 amide bonds. The highest BCUT2D eigenvalue weighted by molar-refractivity contribution is 5.92. The number of rotatable bonds is 4. The minimum absolute atomic E-state index is 0.129. The van der Waals surface area contributed by atoms with E-state index < -0.39 is 0 Å². The van der Waals surface area contributed by atoms with E-state index in [-0.39, 0.29) is 11.8 Å². The van der Waals surface area contributed by atoms with Crippen LogP contribution in [0.5, 0.6) is 0 Å². The van der Waals surface area contributed by atoms with Crippen LogP contribution in [-0.2, 0) is 24.2 Å². The average molecular weight is 380 g/mol. The highest BCUT2D eigenvalue weighted by Gasteiger charge is 2.31. The molecule has 1 unspecified atom stereocenters. The Kier molecular flexibility index (Phi) is 4.65. The SMILES string of the molecule is O=C1NCCc2c(n(Cc3ccccc3)c3ccccc23)C1Cc1ccccc1. The number of nitrogens with zero attached hydrogens (tertiary/aromatic N) is 1. The van der Waals surface area contributed by atoms with Gasteiger partial charge in [-0.05, 0) is 35.6 Å². The van der Waals surface area contributed by atoms with Gasteiger partial charge in [0, 0.05) is 29.7 Å². The summed E-state index contributed by atoms with van der Waals surface area (Å²) in [5.41, 5.74) is 6.15. The van der Waals surface area contributed by atoms with Crippen molar-refractivity contribution in [2.75, 3.05) is 6.54 Å². The molecule has 2 heterocycles. The van der Waals surface area contributed by atoms with Gasteiger partial charge in [0.1, 0.15) is 0 Å². The second-order valence-electron chi connectivity index (χ2n) is 7.74. The Hall–Kier alpha value is -3.33. The van der Waals surface area contributed by atoms with Crippen LogP contribution in [0.2, 0.25) is 0 Å². The fourth-order valence-corrected chi connectivity index (χ4v) is 4.59. The lowest BCUT2D eigenvalue weighted by Crippen LogP contribution is -2.30. The standard InChI is InChI=1S/C26H24N2O/c29-26-23(17-19-9-3-1-4-10-19)25-22(15-16-27-26)21-13-7-8-14-24(21)28(25)18-20-11-5-2-6-12-20/h1-14,23H,15-18H2,(H,27,29). The topological polar surface area (TPSA) is 34.0 Å². The summed E-state index contributed by atoms with van der Waals surface area (Å²) in [6.07, 6.45) is 1.58. The zero-order valence-corrected chi connectivity index (χ0v) is 16.3. The Bertz CT molecular complexity index is 1150. The number of nitrogens with one attached hydrogen (secondary N) is 1. The van der Waals surface area contributed by atoms with Crippen LogP contribution in [0.15, 0.2) is 84.9 Å². The van der Waals surface area contributed by atoms with Crippen molar-refractivity contribution >= 4 is 16.8 Å². The van der Waals surface area contributed by atoms with Crippen LogP contribution in [0.25, 0.3) is 10.9 Å². The van der Waals surface area contributed by atoms with Crippen LogP contribution in [-0.4, -0.2) is 17.0 Å². The molecule has 0 saturated carbocycles. The zero-order chi connectivity index (χ0) is 19.6. The lowest BCUT2D eigenvalue weighted by atomic mass is 9.92. The zero-order valence-electron chi connectivity index (χ0n) is 16.3. The van der Waals surface area contributed by atoms with Crippen molar-refractivity contribution in [1.82, 2.24) is 9.88 Å². The molecule has 4 aromatic rings. The molecule has 0 spiro atoms. The average Bonchev–Trinajstić information content (AvgIpc) is 2.97. The van der Waals surface area contributed by atoms with E-state index in [9.17, 15) is 4.79 Å². The normalized spacial score (nSPS) is 16.3. The van der Waals surface area contributed by atoms with E-state index in [2.05, 4.69) is 70.5 Å². The van der Waals surface area contributed by atoms with Gasteiger partial charge in [-0.1, -0.05) is 78.9 Å². The molecule has 3 nitrogen and oxygen atoms in total. The summed E-state index contributed by atoms with van der Waals surface area (Å²) in [5.74, 6) is -0.0595. The molecule has 5 rings (SSSR count). The van der Waals surface area contributed by atoms with Crippen LogP contribution in [0, 0.1) is 0 Å². The fourth-order valence-electron chi connectivity index (χ4n) is 4.59. The molecule has 3 heteroatoms. The summed E-state index contributed by atoms with van der Waals surface area (Å²) in [5, 5.41) is 4.42. The van der Waals surface area contributed by atoms with Gasteiger partial charge >= 0.3 is 0 Å². The molecule has 0 bridgehead atoms. The van der Waals surface area contributed by atoms with Crippen molar-refractivity contribution in [2.45, 2.75) is 25.3 Å². The van der Waals surface area contributed by atoms with Gasteiger partial charge in [-0.2, -0.15) is 0 Å². The summed E-state index contributed by atoms with van der Waals surface area (Å²) in [7, 11) is 0. The summed E-state index contributed by atoms with van der Waals surface area (Å²) in [6, 6.07) is 29.4. The van der Waals surface area contributed by atoms with E-state index >= 15 is 0 Å². The lowest BCUT2D eigenvalue weighted by molar-refractivity contribution is -0.122. The Morgan fingerprint density at radius 1 is 0.828 bits per heavy atom. The largest absolute Gasteiger partial charge is 0.355 e. The highest BCUT2D eigenvalue weighted by Crippen LogP contribution is 2.35. The number of benzene rings is 3. The van der Waals surface area contributed by atoms with Crippen LogP contribution in [0.3, 0.4) is 0 Å². The van der Waals surface area contributed by atoms with Crippen LogP contribution in [0.1, 0.15) is 28.3 Å². The van der Waals surface area contributed by atoms with E-state index in [1.165, 1.54) is 33.3 Å². The maximum Gasteiger partial charge on any atom is 0.229 e. The molecule has 3 aromatic carbocycles. The van der Waals surface area contributed by atoms with Gasteiger partial charge in [0.15, 0.2) is 0 Å². The molecule has 0 aliphatic carbocycles. The quantitative estimate of drug-likeness (QED) is 0.548. The predicted molar refractivity (Wildman–Crippen MR) is 117 cm³/mol. The van der Waals surface area contributed by atoms with Crippen LogP contribution >= 0.6 is 0 Å².